The number of benzene rings is 3. The molecule has 37 heavy (non-hydrogen) atoms. The Morgan fingerprint density at radius 2 is 1.46 bits per heavy atom. The molecule has 1 amide bonds. The van der Waals surface area contributed by atoms with Gasteiger partial charge in [-0.2, -0.15) is 0 Å². The summed E-state index contributed by atoms with van der Waals surface area (Å²) in [6.07, 6.45) is 0.430. The molecule has 0 radical (unpaired) electrons. The lowest BCUT2D eigenvalue weighted by Crippen LogP contribution is -2.67. The minimum absolute atomic E-state index is 0.104. The summed E-state index contributed by atoms with van der Waals surface area (Å²) in [5.41, 5.74) is 0.00776. The van der Waals surface area contributed by atoms with Crippen molar-refractivity contribution in [1.82, 2.24) is 4.90 Å². The molecule has 1 fully saturated rings. The fourth-order valence-corrected chi connectivity index (χ4v) is 9.94. The lowest BCUT2D eigenvalue weighted by atomic mass is 9.96. The molecule has 196 valence electrons. The van der Waals surface area contributed by atoms with Crippen molar-refractivity contribution in [3.63, 3.8) is 0 Å². The minimum Gasteiger partial charge on any atom is -0.407 e. The highest BCUT2D eigenvalue weighted by molar-refractivity contribution is 6.99. The maximum absolute atomic E-state index is 13.8. The first kappa shape index (κ1) is 27.3. The third kappa shape index (κ3) is 5.58. The van der Waals surface area contributed by atoms with E-state index in [-0.39, 0.29) is 23.6 Å². The largest absolute Gasteiger partial charge is 0.407 e. The average Bonchev–Trinajstić information content (AvgIpc) is 2.90. The Kier molecular flexibility index (Phi) is 8.34. The molecule has 5 nitrogen and oxygen atoms in total. The van der Waals surface area contributed by atoms with E-state index in [4.69, 9.17) is 9.16 Å². The van der Waals surface area contributed by atoms with Crippen molar-refractivity contribution in [2.24, 2.45) is 0 Å². The number of nitrogens with zero attached hydrogens (tertiary/aromatic N) is 1. The van der Waals surface area contributed by atoms with E-state index in [0.29, 0.717) is 26.2 Å². The molecular weight excluding hydrogens is 478 g/mol. The Labute approximate surface area is 222 Å². The highest BCUT2D eigenvalue weighted by Crippen LogP contribution is 2.37. The van der Waals surface area contributed by atoms with Crippen molar-refractivity contribution in [3.05, 3.63) is 96.6 Å². The van der Waals surface area contributed by atoms with Crippen LogP contribution < -0.4 is 10.4 Å². The Morgan fingerprint density at radius 3 is 1.95 bits per heavy atom. The van der Waals surface area contributed by atoms with E-state index < -0.39 is 13.9 Å². The van der Waals surface area contributed by atoms with Gasteiger partial charge in [0.05, 0.1) is 19.3 Å². The number of carbonyl (C=O) groups excluding carboxylic acids is 1. The molecule has 6 heteroatoms. The van der Waals surface area contributed by atoms with E-state index in [2.05, 4.69) is 69.3 Å². The lowest BCUT2D eigenvalue weighted by molar-refractivity contribution is -0.183. The van der Waals surface area contributed by atoms with Crippen LogP contribution in [0, 0.1) is 0 Å². The van der Waals surface area contributed by atoms with Crippen LogP contribution in [0.2, 0.25) is 5.04 Å². The van der Waals surface area contributed by atoms with Crippen molar-refractivity contribution in [2.75, 3.05) is 19.8 Å². The van der Waals surface area contributed by atoms with Gasteiger partial charge in [-0.05, 0) is 27.9 Å². The van der Waals surface area contributed by atoms with Gasteiger partial charge in [0.2, 0.25) is 0 Å². The maximum Gasteiger partial charge on any atom is 0.261 e. The van der Waals surface area contributed by atoms with Crippen LogP contribution in [-0.4, -0.2) is 55.7 Å². The van der Waals surface area contributed by atoms with Gasteiger partial charge in [0, 0.05) is 19.6 Å². The molecule has 1 aliphatic rings. The van der Waals surface area contributed by atoms with Gasteiger partial charge in [-0.25, -0.2) is 0 Å². The van der Waals surface area contributed by atoms with E-state index in [1.807, 2.05) is 49.4 Å². The van der Waals surface area contributed by atoms with Crippen molar-refractivity contribution >= 4 is 24.6 Å². The monoisotopic (exact) mass is 517 g/mol. The topological polar surface area (TPSA) is 59.0 Å². The zero-order chi connectivity index (χ0) is 26.5. The van der Waals surface area contributed by atoms with E-state index in [1.54, 1.807) is 4.90 Å². The third-order valence-electron chi connectivity index (χ3n) is 7.47. The number of hydrogen-bond donors (Lipinski definition) is 1. The van der Waals surface area contributed by atoms with Gasteiger partial charge in [-0.3, -0.25) is 4.79 Å². The Bertz CT molecular complexity index is 1110. The smallest absolute Gasteiger partial charge is 0.261 e. The standard InChI is InChI=1S/C31H39NO4Si/c1-30(2,3)37(27-16-10-6-11-17-27,28-18-12-7-13-19-28)36-21-20-31(4)29(34)32(26(23-33)24-35-31)22-25-14-8-5-9-15-25/h5-19,26,33H,20-24H2,1-4H3. The molecule has 1 aliphatic heterocycles. The molecule has 0 saturated carbocycles. The summed E-state index contributed by atoms with van der Waals surface area (Å²) in [7, 11) is -2.71. The molecule has 1 saturated heterocycles. The third-order valence-corrected chi connectivity index (χ3v) is 12.5. The lowest BCUT2D eigenvalue weighted by Gasteiger charge is -2.46. The van der Waals surface area contributed by atoms with Crippen LogP contribution in [0.5, 0.6) is 0 Å². The molecule has 2 atom stereocenters. The summed E-state index contributed by atoms with van der Waals surface area (Å²) in [5.74, 6) is -0.104. The summed E-state index contributed by atoms with van der Waals surface area (Å²) in [5, 5.41) is 12.2. The van der Waals surface area contributed by atoms with Gasteiger partial charge in [-0.15, -0.1) is 0 Å². The fraction of sp³-hybridized carbons (Fsp3) is 0.387. The number of morpholine rings is 1. The number of hydrogen-bond acceptors (Lipinski definition) is 4. The zero-order valence-corrected chi connectivity index (χ0v) is 23.4. The van der Waals surface area contributed by atoms with Crippen LogP contribution >= 0.6 is 0 Å². The molecule has 1 heterocycles. The van der Waals surface area contributed by atoms with Crippen molar-refractivity contribution in [3.8, 4) is 0 Å². The van der Waals surface area contributed by atoms with Crippen molar-refractivity contribution < 1.29 is 19.1 Å². The van der Waals surface area contributed by atoms with E-state index in [0.717, 1.165) is 5.56 Å². The molecule has 3 aromatic carbocycles. The molecule has 0 aliphatic carbocycles. The van der Waals surface area contributed by atoms with Crippen LogP contribution in [0.15, 0.2) is 91.0 Å². The predicted molar refractivity (Wildman–Crippen MR) is 150 cm³/mol. The van der Waals surface area contributed by atoms with Gasteiger partial charge in [0.1, 0.15) is 5.60 Å². The quantitative estimate of drug-likeness (QED) is 0.434. The Hall–Kier alpha value is -2.77. The van der Waals surface area contributed by atoms with Gasteiger partial charge in [-0.1, -0.05) is 112 Å². The van der Waals surface area contributed by atoms with Crippen LogP contribution in [0.4, 0.5) is 0 Å². The average molecular weight is 518 g/mol. The molecule has 1 N–H and O–H groups in total. The second-order valence-corrected chi connectivity index (χ2v) is 15.4. The van der Waals surface area contributed by atoms with E-state index in [9.17, 15) is 9.90 Å². The van der Waals surface area contributed by atoms with Crippen LogP contribution in [0.1, 0.15) is 39.7 Å². The summed E-state index contributed by atoms with van der Waals surface area (Å²) < 4.78 is 13.2. The van der Waals surface area contributed by atoms with Crippen LogP contribution in [-0.2, 0) is 20.5 Å². The number of rotatable bonds is 9. The van der Waals surface area contributed by atoms with Crippen molar-refractivity contribution in [1.29, 1.82) is 0 Å². The van der Waals surface area contributed by atoms with Crippen LogP contribution in [0.3, 0.4) is 0 Å². The van der Waals surface area contributed by atoms with Gasteiger partial charge < -0.3 is 19.2 Å². The molecule has 3 aromatic rings. The maximum atomic E-state index is 13.8. The number of aliphatic hydroxyl groups excluding tert-OH is 1. The molecular formula is C31H39NO4Si. The highest BCUT2D eigenvalue weighted by atomic mass is 28.4. The summed E-state index contributed by atoms with van der Waals surface area (Å²) in [6, 6.07) is 30.5. The summed E-state index contributed by atoms with van der Waals surface area (Å²) >= 11 is 0. The Morgan fingerprint density at radius 1 is 0.946 bits per heavy atom. The predicted octanol–water partition coefficient (Wildman–Crippen LogP) is 4.13. The number of ether oxygens (including phenoxy) is 1. The second kappa shape index (κ2) is 11.3. The fourth-order valence-electron chi connectivity index (χ4n) is 5.37. The molecule has 4 rings (SSSR count). The molecule has 0 bridgehead atoms. The normalized spacial score (nSPS) is 20.7. The second-order valence-electron chi connectivity index (χ2n) is 11.1. The number of amides is 1. The van der Waals surface area contributed by atoms with Crippen molar-refractivity contribution in [2.45, 2.75) is 57.3 Å². The molecule has 0 spiro atoms. The van der Waals surface area contributed by atoms with Gasteiger partial charge in [0.15, 0.2) is 0 Å². The highest BCUT2D eigenvalue weighted by Gasteiger charge is 2.51. The minimum atomic E-state index is -2.71. The number of carbonyl (C=O) groups is 1. The first-order valence-corrected chi connectivity index (χ1v) is 15.0. The van der Waals surface area contributed by atoms with E-state index >= 15 is 0 Å². The zero-order valence-electron chi connectivity index (χ0n) is 22.4. The Balaban J connectivity index is 1.60. The first-order valence-electron chi connectivity index (χ1n) is 13.1. The SMILES string of the molecule is CC1(CCO[Si](c2ccccc2)(c2ccccc2)C(C)(C)C)OCC(CO)N(Cc2ccccc2)C1=O. The number of aliphatic hydroxyl groups is 1. The summed E-state index contributed by atoms with van der Waals surface area (Å²) in [6.45, 7) is 9.59. The molecule has 0 aromatic heterocycles. The summed E-state index contributed by atoms with van der Waals surface area (Å²) in [4.78, 5) is 15.5. The molecule has 2 unspecified atom stereocenters. The van der Waals surface area contributed by atoms with Gasteiger partial charge >= 0.3 is 0 Å². The van der Waals surface area contributed by atoms with Crippen LogP contribution in [0.25, 0.3) is 0 Å². The first-order chi connectivity index (χ1) is 17.7. The van der Waals surface area contributed by atoms with Gasteiger partial charge in [0.25, 0.3) is 14.2 Å². The van der Waals surface area contributed by atoms with E-state index in [1.165, 1.54) is 10.4 Å².